The molecule has 49 heteroatoms. The third kappa shape index (κ3) is 32.0. The number of benzene rings is 5. The average Bonchev–Trinajstić information content (AvgIpc) is 1.61. The monoisotopic (exact) mass is 2210 g/mol. The molecule has 15 aromatic rings. The van der Waals surface area contributed by atoms with E-state index in [1.165, 1.54) is 57.5 Å². The maximum atomic E-state index is 12.8. The maximum absolute atomic E-state index is 12.8. The summed E-state index contributed by atoms with van der Waals surface area (Å²) in [6.07, 6.45) is 9.24. The van der Waals surface area contributed by atoms with Crippen LogP contribution in [0.4, 0.5) is 54.2 Å². The van der Waals surface area contributed by atoms with Crippen molar-refractivity contribution in [3.63, 3.8) is 0 Å². The van der Waals surface area contributed by atoms with Crippen LogP contribution in [0.2, 0.25) is 15.5 Å². The molecule has 778 valence electrons. The zero-order chi connectivity index (χ0) is 105. The summed E-state index contributed by atoms with van der Waals surface area (Å²) >= 11 is 24.6. The Hall–Kier alpha value is -13.0. The number of esters is 2. The molecule has 4 aliphatic heterocycles. The Morgan fingerprint density at radius 1 is 0.426 bits per heavy atom. The number of halogens is 5. The van der Waals surface area contributed by atoms with Crippen molar-refractivity contribution >= 4 is 205 Å². The number of hydrogen-bond donors (Lipinski definition) is 3. The predicted molar refractivity (Wildman–Crippen MR) is 565 cm³/mol. The van der Waals surface area contributed by atoms with Gasteiger partial charge in [0.1, 0.15) is 55.1 Å². The number of carbonyl (C=O) groups excluding carboxylic acids is 6. The second-order valence-corrected chi connectivity index (χ2v) is 40.8. The molecule has 10 aromatic heterocycles. The number of H-pyrrole nitrogens is 1. The van der Waals surface area contributed by atoms with Crippen molar-refractivity contribution in [2.45, 2.75) is 144 Å². The number of rotatable bonds is 10. The second-order valence-electron chi connectivity index (χ2n) is 37.8. The van der Waals surface area contributed by atoms with Crippen molar-refractivity contribution in [2.24, 2.45) is 0 Å². The summed E-state index contributed by atoms with van der Waals surface area (Å²) in [5.41, 5.74) is 11.2. The van der Waals surface area contributed by atoms with Crippen LogP contribution in [-0.4, -0.2) is 270 Å². The number of methoxy groups -OCH3 is 2. The fourth-order valence-electron chi connectivity index (χ4n) is 14.0. The van der Waals surface area contributed by atoms with E-state index in [0.29, 0.717) is 144 Å². The molecule has 14 heterocycles. The molecule has 7 N–H and O–H groups in total. The topological polar surface area (TPSA) is 516 Å². The van der Waals surface area contributed by atoms with Gasteiger partial charge in [0.05, 0.1) is 159 Å². The van der Waals surface area contributed by atoms with E-state index in [1.807, 2.05) is 224 Å². The first kappa shape index (κ1) is 117. The quantitative estimate of drug-likeness (QED) is 0.0495. The molecule has 0 aliphatic carbocycles. The first-order valence-electron chi connectivity index (χ1n) is 45.8. The van der Waals surface area contributed by atoms with Gasteiger partial charge in [0, 0.05) is 104 Å². The SMILES string of the molecule is Brc1ccc2cn[nH]c2c1.CC(C)(C)OC(=O)n1ncc2ccc(-c3cc(Cl)nc(N4CCOCC4)n3)cc21.CC(C)(C)OC(=O)n1ncc2ccc(B3OC(C)(C)C(C)(C)O3)cc21.CC(C)(C)OC(=O)n1ncc2ccc(Br)cc21.COC(=O)c1ccc(N)cn1.COC(=O)c1ccc(Nc2cc(-c3ccc4cnn(C(=O)OC(C)(C)C)c4c3)nc(N3CCOCC3)n2)cn1.Clc1cc(Cl)nc(N2CCOCC2)n1.O.[Li+].[OH-]. The third-order valence-corrected chi connectivity index (χ3v) is 23.2. The summed E-state index contributed by atoms with van der Waals surface area (Å²) in [5, 5.41) is 32.3. The van der Waals surface area contributed by atoms with E-state index in [-0.39, 0.29) is 41.2 Å². The number of nitrogens with one attached hydrogen (secondary N) is 2. The zero-order valence-electron chi connectivity index (χ0n) is 85.1. The van der Waals surface area contributed by atoms with Crippen LogP contribution in [0, 0.1) is 0 Å². The minimum absolute atomic E-state index is 0. The standard InChI is InChI=1S/C27H29N7O5.C20H22ClN5O3.C18H25BN2O4.C12H13BrN2O2.C8H9Cl2N3O.C7H5BrN2.C7H8N2O2.Li.2H2O/c1-27(2,3)39-26(36)34-22-13-17(5-6-18(22)15-29-34)21-14-23(32-25(31-21)33-9-11-38-12-10-33)30-19-7-8-20(28-16-19)24(35)37-4;1-20(2,3)29-19(27)26-16-10-13(4-5-14(16)12-22-26)15-11-17(21)24-18(23-15)25-6-8-28-9-7-25;1-16(2,3)23-15(22)21-14-10-13(9-8-12(14)11-20-21)19-24-17(4,5)18(6,7)25-19;1-12(2,3)17-11(16)15-10-6-9(13)5-4-8(10)7-14-15;9-6-5-7(10)12-8(11-6)13-1-3-14-4-2-13;8-6-2-1-5-4-9-10-7(5)3-6;1-11-7(10)6-3-2-5(8)4-9-6;;;/h5-8,13-16H,9-12H2,1-4H3,(H,30,31,32);4-5,10-12H,6-9H2,1-3H3;8-11H,1-7H3;4-7H,1-3H3;5H,1-4H2;1-4H,(H,9,10);2-4H,8H2,1H3;;2*1H2/q;;;;;;;+1;;/p-1. The van der Waals surface area contributed by atoms with Crippen molar-refractivity contribution in [2.75, 3.05) is 119 Å². The number of pyridine rings is 2. The maximum Gasteiger partial charge on any atom is 1.00 e. The van der Waals surface area contributed by atoms with Gasteiger partial charge in [-0.2, -0.15) is 49.2 Å². The zero-order valence-corrected chi connectivity index (χ0v) is 90.5. The molecule has 4 aliphatic rings. The molecule has 0 spiro atoms. The van der Waals surface area contributed by atoms with Gasteiger partial charge in [0.15, 0.2) is 0 Å². The number of anilines is 6. The number of carbonyl (C=O) groups is 6. The van der Waals surface area contributed by atoms with Crippen molar-refractivity contribution in [1.82, 2.24) is 89.2 Å². The van der Waals surface area contributed by atoms with Gasteiger partial charge in [-0.05, 0) is 183 Å². The molecule has 0 bridgehead atoms. The van der Waals surface area contributed by atoms with Crippen molar-refractivity contribution < 1.29 is 111 Å². The van der Waals surface area contributed by atoms with Gasteiger partial charge in [-0.3, -0.25) is 5.10 Å². The van der Waals surface area contributed by atoms with Gasteiger partial charge in [0.25, 0.3) is 0 Å². The summed E-state index contributed by atoms with van der Waals surface area (Å²) in [6, 6.07) is 40.2. The number of nitrogens with two attached hydrogens (primary N) is 1. The summed E-state index contributed by atoms with van der Waals surface area (Å²) < 4.78 is 66.1. The largest absolute Gasteiger partial charge is 1.00 e. The molecule has 0 atom stereocenters. The number of nitrogens with zero attached hydrogens (tertiary/aromatic N) is 20. The van der Waals surface area contributed by atoms with Crippen LogP contribution < -0.4 is 50.1 Å². The van der Waals surface area contributed by atoms with E-state index in [4.69, 9.17) is 97.7 Å². The Bertz CT molecular complexity index is 7090. The van der Waals surface area contributed by atoms with Crippen LogP contribution in [0.1, 0.15) is 132 Å². The number of hydrogen-bond acceptors (Lipinski definition) is 36. The molecular weight excluding hydrogens is 2100 g/mol. The number of aromatic nitrogens is 18. The molecule has 42 nitrogen and oxygen atoms in total. The fourth-order valence-corrected chi connectivity index (χ4v) is 15.3. The van der Waals surface area contributed by atoms with E-state index in [1.54, 1.807) is 49.1 Å². The number of ether oxygens (including phenoxy) is 9. The van der Waals surface area contributed by atoms with Crippen LogP contribution in [0.25, 0.3) is 77.0 Å². The summed E-state index contributed by atoms with van der Waals surface area (Å²) in [5.74, 6) is 1.25. The number of fused-ring (bicyclic) bond motifs is 5. The Balaban J connectivity index is 0.000000184. The molecule has 4 fully saturated rings. The Labute approximate surface area is 896 Å². The van der Waals surface area contributed by atoms with Crippen LogP contribution in [0.3, 0.4) is 0 Å². The van der Waals surface area contributed by atoms with E-state index < -0.39 is 77.0 Å². The Morgan fingerprint density at radius 3 is 1.18 bits per heavy atom. The minimum atomic E-state index is -0.656. The smallest absolute Gasteiger partial charge is 0.870 e. The Kier molecular flexibility index (Phi) is 40.1. The fraction of sp³-hybridized carbons (Fsp3) is 0.364. The van der Waals surface area contributed by atoms with Crippen LogP contribution in [0.5, 0.6) is 0 Å². The first-order chi connectivity index (χ1) is 68.6. The number of aromatic amines is 1. The van der Waals surface area contributed by atoms with Crippen LogP contribution in [0.15, 0.2) is 186 Å². The molecule has 0 saturated carbocycles. The molecule has 148 heavy (non-hydrogen) atoms. The molecule has 19 rings (SSSR count). The summed E-state index contributed by atoms with van der Waals surface area (Å²) in [7, 11) is 2.13. The molecule has 0 unspecified atom stereocenters. The van der Waals surface area contributed by atoms with Gasteiger partial charge in [-0.25, -0.2) is 63.7 Å². The normalized spacial score (nSPS) is 14.2. The van der Waals surface area contributed by atoms with Crippen molar-refractivity contribution in [3.8, 4) is 22.5 Å². The van der Waals surface area contributed by atoms with Crippen molar-refractivity contribution in [3.05, 3.63) is 213 Å². The average molecular weight is 2210 g/mol. The number of nitrogen functional groups attached to an aromatic ring is 1. The molecule has 0 radical (unpaired) electrons. The van der Waals surface area contributed by atoms with Gasteiger partial charge in [-0.15, -0.1) is 0 Å². The van der Waals surface area contributed by atoms with Crippen molar-refractivity contribution in [1.29, 1.82) is 0 Å². The van der Waals surface area contributed by atoms with Crippen LogP contribution >= 0.6 is 66.7 Å². The second kappa shape index (κ2) is 50.8. The number of morpholine rings is 3. The van der Waals surface area contributed by atoms with Gasteiger partial charge >= 0.3 is 62.3 Å². The third-order valence-electron chi connectivity index (χ3n) is 21.6. The summed E-state index contributed by atoms with van der Waals surface area (Å²) in [4.78, 5) is 113. The minimum Gasteiger partial charge on any atom is -0.870 e. The molecule has 4 saturated heterocycles. The molecule has 0 amide bonds. The first-order valence-corrected chi connectivity index (χ1v) is 48.5. The molecule has 5 aromatic carbocycles. The predicted octanol–water partition coefficient (Wildman–Crippen LogP) is 14.9. The van der Waals surface area contributed by atoms with E-state index in [2.05, 4.69) is 107 Å². The summed E-state index contributed by atoms with van der Waals surface area (Å²) in [6.45, 7) is 38.0. The van der Waals surface area contributed by atoms with Gasteiger partial charge < -0.3 is 88.6 Å². The van der Waals surface area contributed by atoms with E-state index >= 15 is 0 Å². The van der Waals surface area contributed by atoms with E-state index in [9.17, 15) is 28.8 Å². The van der Waals surface area contributed by atoms with Gasteiger partial charge in [-0.1, -0.05) is 115 Å². The van der Waals surface area contributed by atoms with Crippen LogP contribution in [-0.2, 0) is 51.9 Å². The van der Waals surface area contributed by atoms with Gasteiger partial charge in [0.2, 0.25) is 17.8 Å². The molecular formula is C99H114BBr2Cl3LiN23O19. The Morgan fingerprint density at radius 2 is 0.784 bits per heavy atom. The van der Waals surface area contributed by atoms with E-state index in [0.717, 1.165) is 76.6 Å².